The lowest BCUT2D eigenvalue weighted by atomic mass is 9.96. The van der Waals surface area contributed by atoms with Crippen molar-refractivity contribution in [3.05, 3.63) is 34.4 Å². The van der Waals surface area contributed by atoms with Crippen LogP contribution in [0.15, 0.2) is 27.4 Å². The Hall–Kier alpha value is -2.24. The van der Waals surface area contributed by atoms with Gasteiger partial charge in [0.25, 0.3) is 0 Å². The van der Waals surface area contributed by atoms with Crippen LogP contribution < -0.4 is 15.3 Å². The summed E-state index contributed by atoms with van der Waals surface area (Å²) in [6, 6.07) is 1.28. The van der Waals surface area contributed by atoms with E-state index >= 15 is 0 Å². The molecule has 2 atom stereocenters. The van der Waals surface area contributed by atoms with Crippen molar-refractivity contribution in [2.45, 2.75) is 58.3 Å². The van der Waals surface area contributed by atoms with Gasteiger partial charge in [0.2, 0.25) is 0 Å². The summed E-state index contributed by atoms with van der Waals surface area (Å²) in [6.07, 6.45) is 4.77. The summed E-state index contributed by atoms with van der Waals surface area (Å²) in [5.74, 6) is 0.823. The molecule has 0 fully saturated rings. The zero-order valence-electron chi connectivity index (χ0n) is 13.8. The van der Waals surface area contributed by atoms with Crippen molar-refractivity contribution in [1.82, 2.24) is 0 Å². The van der Waals surface area contributed by atoms with Gasteiger partial charge >= 0.3 is 11.7 Å². The second-order valence-electron chi connectivity index (χ2n) is 6.86. The molecule has 1 aromatic heterocycles. The van der Waals surface area contributed by atoms with E-state index in [1.165, 1.54) is 4.90 Å². The average Bonchev–Trinajstić information content (AvgIpc) is 2.42. The molecule has 2 heterocycles. The second-order valence-corrected chi connectivity index (χ2v) is 6.86. The van der Waals surface area contributed by atoms with E-state index in [1.54, 1.807) is 33.8 Å². The number of amides is 1. The Morgan fingerprint density at radius 1 is 1.39 bits per heavy atom. The van der Waals surface area contributed by atoms with Crippen molar-refractivity contribution < 1.29 is 18.7 Å². The number of aryl methyl sites for hydroxylation is 1. The van der Waals surface area contributed by atoms with Gasteiger partial charge in [-0.2, -0.15) is 0 Å². The Balaban J connectivity index is 2.10. The molecule has 0 N–H and O–H groups in total. The molecule has 3 rings (SSSR count). The molecule has 23 heavy (non-hydrogen) atoms. The number of allylic oxidation sites excluding steroid dienone is 1. The molecule has 6 heteroatoms. The molecule has 2 aliphatic rings. The maximum absolute atomic E-state index is 12.7. The molecule has 6 nitrogen and oxygen atoms in total. The number of hydrogen-bond donors (Lipinski definition) is 0. The quantitative estimate of drug-likeness (QED) is 0.687. The van der Waals surface area contributed by atoms with E-state index in [0.29, 0.717) is 11.5 Å². The lowest BCUT2D eigenvalue weighted by Crippen LogP contribution is -2.55. The molecular weight excluding hydrogens is 298 g/mol. The van der Waals surface area contributed by atoms with E-state index in [0.717, 1.165) is 12.8 Å². The first-order valence-electron chi connectivity index (χ1n) is 7.76. The molecule has 0 unspecified atom stereocenters. The molecule has 124 valence electrons. The van der Waals surface area contributed by atoms with Crippen LogP contribution in [0.1, 0.15) is 39.4 Å². The van der Waals surface area contributed by atoms with Gasteiger partial charge in [0, 0.05) is 6.07 Å². The fourth-order valence-corrected chi connectivity index (χ4v) is 2.89. The van der Waals surface area contributed by atoms with E-state index in [-0.39, 0.29) is 17.8 Å². The van der Waals surface area contributed by atoms with Crippen LogP contribution in [0.25, 0.3) is 0 Å². The lowest BCUT2D eigenvalue weighted by Gasteiger charge is -2.41. The van der Waals surface area contributed by atoms with Crippen molar-refractivity contribution >= 4 is 11.8 Å². The minimum atomic E-state index is -0.658. The van der Waals surface area contributed by atoms with Gasteiger partial charge in [-0.05, 0) is 40.5 Å². The van der Waals surface area contributed by atoms with Crippen molar-refractivity contribution in [1.29, 1.82) is 0 Å². The number of nitrogens with zero attached hydrogens (tertiary/aromatic N) is 1. The van der Waals surface area contributed by atoms with Gasteiger partial charge in [0.15, 0.2) is 11.4 Å². The molecule has 0 saturated carbocycles. The molecule has 0 saturated heterocycles. The zero-order valence-corrected chi connectivity index (χ0v) is 13.8. The molecule has 1 aromatic rings. The first kappa shape index (κ1) is 15.6. The normalized spacial score (nSPS) is 22.9. The maximum atomic E-state index is 12.7. The highest BCUT2D eigenvalue weighted by atomic mass is 16.6. The van der Waals surface area contributed by atoms with Gasteiger partial charge in [-0.15, -0.1) is 0 Å². The molecule has 0 spiro atoms. The summed E-state index contributed by atoms with van der Waals surface area (Å²) in [6.45, 7) is 7.05. The minimum absolute atomic E-state index is 0.109. The van der Waals surface area contributed by atoms with Gasteiger partial charge in [-0.1, -0.05) is 12.2 Å². The highest BCUT2D eigenvalue weighted by molar-refractivity contribution is 5.91. The lowest BCUT2D eigenvalue weighted by molar-refractivity contribution is 0.0510. The first-order valence-corrected chi connectivity index (χ1v) is 7.76. The van der Waals surface area contributed by atoms with Crippen molar-refractivity contribution in [2.75, 3.05) is 4.90 Å². The van der Waals surface area contributed by atoms with Crippen molar-refractivity contribution in [3.8, 4) is 5.75 Å². The average molecular weight is 319 g/mol. The fraction of sp³-hybridized carbons (Fsp3) is 0.529. The van der Waals surface area contributed by atoms with Gasteiger partial charge < -0.3 is 13.9 Å². The van der Waals surface area contributed by atoms with Gasteiger partial charge in [0.1, 0.15) is 17.5 Å². The topological polar surface area (TPSA) is 69.0 Å². The van der Waals surface area contributed by atoms with E-state index < -0.39 is 17.3 Å². The van der Waals surface area contributed by atoms with Crippen LogP contribution in [0.3, 0.4) is 0 Å². The molecular formula is C17H21NO5. The Bertz CT molecular complexity index is 713. The predicted molar refractivity (Wildman–Crippen MR) is 85.0 cm³/mol. The summed E-state index contributed by atoms with van der Waals surface area (Å²) in [5.41, 5.74) is -1.14. The zero-order chi connectivity index (χ0) is 16.8. The predicted octanol–water partition coefficient (Wildman–Crippen LogP) is 3.17. The summed E-state index contributed by atoms with van der Waals surface area (Å²) in [5, 5.41) is 0. The Labute approximate surface area is 134 Å². The van der Waals surface area contributed by atoms with Crippen molar-refractivity contribution in [3.63, 3.8) is 0 Å². The first-order chi connectivity index (χ1) is 10.8. The third kappa shape index (κ3) is 2.98. The molecule has 1 amide bonds. The van der Waals surface area contributed by atoms with Crippen LogP contribution in [-0.2, 0) is 4.74 Å². The fourth-order valence-electron chi connectivity index (χ4n) is 2.89. The number of ether oxygens (including phenoxy) is 2. The number of hydrogen-bond acceptors (Lipinski definition) is 5. The highest BCUT2D eigenvalue weighted by Crippen LogP contribution is 2.38. The Morgan fingerprint density at radius 3 is 2.83 bits per heavy atom. The molecule has 1 aliphatic carbocycles. The standard InChI is InChI=1S/C17H21NO5/c1-10-9-13-14(15(19)21-10)18(16(20)23-17(2,3)4)11-7-5-6-8-12(11)22-13/h5,7,9,11-12H,6,8H2,1-4H3/t11-,12+/m0/s1. The third-order valence-corrected chi connectivity index (χ3v) is 3.75. The number of carbonyl (C=O) groups is 1. The van der Waals surface area contributed by atoms with Crippen LogP contribution in [0.5, 0.6) is 5.75 Å². The third-order valence-electron chi connectivity index (χ3n) is 3.75. The van der Waals surface area contributed by atoms with Crippen LogP contribution in [0.4, 0.5) is 10.5 Å². The summed E-state index contributed by atoms with van der Waals surface area (Å²) < 4.78 is 16.6. The van der Waals surface area contributed by atoms with E-state index in [9.17, 15) is 9.59 Å². The molecule has 1 aliphatic heterocycles. The Kier molecular flexibility index (Phi) is 3.70. The highest BCUT2D eigenvalue weighted by Gasteiger charge is 2.43. The second kappa shape index (κ2) is 5.44. The molecule has 0 radical (unpaired) electrons. The van der Waals surface area contributed by atoms with Gasteiger partial charge in [-0.25, -0.2) is 9.59 Å². The SMILES string of the molecule is Cc1cc2c(c(=O)o1)N(C(=O)OC(C)(C)C)[C@H]1C=CCC[C@H]1O2. The maximum Gasteiger partial charge on any atom is 0.415 e. The summed E-state index contributed by atoms with van der Waals surface area (Å²) >= 11 is 0. The minimum Gasteiger partial charge on any atom is -0.485 e. The van der Waals surface area contributed by atoms with Crippen LogP contribution in [-0.4, -0.2) is 23.8 Å². The largest absolute Gasteiger partial charge is 0.485 e. The van der Waals surface area contributed by atoms with Gasteiger partial charge in [0.05, 0.1) is 6.04 Å². The van der Waals surface area contributed by atoms with Crippen LogP contribution in [0.2, 0.25) is 0 Å². The van der Waals surface area contributed by atoms with E-state index in [1.807, 2.05) is 12.2 Å². The number of carbonyl (C=O) groups excluding carboxylic acids is 1. The van der Waals surface area contributed by atoms with E-state index in [2.05, 4.69) is 0 Å². The summed E-state index contributed by atoms with van der Waals surface area (Å²) in [7, 11) is 0. The molecule has 0 aromatic carbocycles. The van der Waals surface area contributed by atoms with Crippen LogP contribution >= 0.6 is 0 Å². The number of fused-ring (bicyclic) bond motifs is 2. The molecule has 0 bridgehead atoms. The van der Waals surface area contributed by atoms with Crippen molar-refractivity contribution in [2.24, 2.45) is 0 Å². The van der Waals surface area contributed by atoms with Gasteiger partial charge in [-0.3, -0.25) is 4.90 Å². The number of anilines is 1. The smallest absolute Gasteiger partial charge is 0.415 e. The van der Waals surface area contributed by atoms with Crippen LogP contribution in [0, 0.1) is 6.92 Å². The monoisotopic (exact) mass is 319 g/mol. The Morgan fingerprint density at radius 2 is 2.13 bits per heavy atom. The summed E-state index contributed by atoms with van der Waals surface area (Å²) in [4.78, 5) is 26.4. The van der Waals surface area contributed by atoms with E-state index in [4.69, 9.17) is 13.9 Å². The number of rotatable bonds is 0.